The molecule has 0 fully saturated rings. The van der Waals surface area contributed by atoms with Crippen molar-refractivity contribution in [1.29, 1.82) is 0 Å². The monoisotopic (exact) mass is 333 g/mol. The van der Waals surface area contributed by atoms with Gasteiger partial charge < -0.3 is 10.2 Å². The van der Waals surface area contributed by atoms with Crippen molar-refractivity contribution in [2.45, 2.75) is 11.4 Å². The quantitative estimate of drug-likeness (QED) is 0.863. The maximum absolute atomic E-state index is 12.1. The van der Waals surface area contributed by atoms with Gasteiger partial charge in [0.15, 0.2) is 0 Å². The fourth-order valence-corrected chi connectivity index (χ4v) is 2.61. The number of primary sulfonamides is 1. The Bertz CT molecular complexity index is 800. The summed E-state index contributed by atoms with van der Waals surface area (Å²) in [7, 11) is 0.102. The molecule has 0 saturated carbocycles. The van der Waals surface area contributed by atoms with Crippen LogP contribution in [0.3, 0.4) is 0 Å². The Morgan fingerprint density at radius 1 is 1.13 bits per heavy atom. The number of nitrogens with one attached hydrogen (secondary N) is 1. The topological polar surface area (TPSA) is 92.5 Å². The van der Waals surface area contributed by atoms with Gasteiger partial charge in [0.1, 0.15) is 0 Å². The van der Waals surface area contributed by atoms with Crippen molar-refractivity contribution in [3.8, 4) is 0 Å². The first kappa shape index (κ1) is 17.0. The second kappa shape index (κ2) is 6.80. The summed E-state index contributed by atoms with van der Waals surface area (Å²) in [6.45, 7) is 0.220. The lowest BCUT2D eigenvalue weighted by atomic mass is 10.1. The molecule has 0 bridgehead atoms. The summed E-state index contributed by atoms with van der Waals surface area (Å²) >= 11 is 0. The van der Waals surface area contributed by atoms with Crippen molar-refractivity contribution < 1.29 is 13.2 Å². The van der Waals surface area contributed by atoms with Gasteiger partial charge in [0.05, 0.1) is 4.90 Å². The minimum absolute atomic E-state index is 0.0274. The molecule has 0 spiro atoms. The van der Waals surface area contributed by atoms with Crippen LogP contribution in [0.5, 0.6) is 0 Å². The molecule has 0 radical (unpaired) electrons. The van der Waals surface area contributed by atoms with Crippen LogP contribution in [-0.2, 0) is 16.6 Å². The van der Waals surface area contributed by atoms with Crippen molar-refractivity contribution in [1.82, 2.24) is 5.32 Å². The van der Waals surface area contributed by atoms with Crippen LogP contribution in [0.2, 0.25) is 0 Å². The molecule has 7 heteroatoms. The zero-order valence-electron chi connectivity index (χ0n) is 13.0. The molecule has 6 nitrogen and oxygen atoms in total. The summed E-state index contributed by atoms with van der Waals surface area (Å²) in [5.41, 5.74) is 2.20. The fraction of sp³-hybridized carbons (Fsp3) is 0.188. The summed E-state index contributed by atoms with van der Waals surface area (Å²) in [5.74, 6) is -0.226. The van der Waals surface area contributed by atoms with Crippen molar-refractivity contribution in [3.05, 3.63) is 59.7 Å². The van der Waals surface area contributed by atoms with Gasteiger partial charge in [-0.15, -0.1) is 0 Å². The van der Waals surface area contributed by atoms with Gasteiger partial charge in [-0.2, -0.15) is 0 Å². The molecule has 122 valence electrons. The third-order valence-corrected chi connectivity index (χ3v) is 4.24. The number of nitrogens with zero attached hydrogens (tertiary/aromatic N) is 1. The molecule has 2 aromatic carbocycles. The highest BCUT2D eigenvalue weighted by molar-refractivity contribution is 7.89. The zero-order chi connectivity index (χ0) is 17.0. The van der Waals surface area contributed by atoms with E-state index < -0.39 is 10.0 Å². The van der Waals surface area contributed by atoms with Crippen molar-refractivity contribution in [2.75, 3.05) is 19.0 Å². The number of rotatable bonds is 5. The predicted octanol–water partition coefficient (Wildman–Crippen LogP) is 1.33. The van der Waals surface area contributed by atoms with Gasteiger partial charge in [-0.1, -0.05) is 12.1 Å². The first-order valence-corrected chi connectivity index (χ1v) is 8.49. The van der Waals surface area contributed by atoms with Crippen LogP contribution < -0.4 is 15.4 Å². The van der Waals surface area contributed by atoms with Gasteiger partial charge in [0.25, 0.3) is 5.91 Å². The lowest BCUT2D eigenvalue weighted by molar-refractivity contribution is 0.0951. The highest BCUT2D eigenvalue weighted by Gasteiger charge is 2.09. The summed E-state index contributed by atoms with van der Waals surface area (Å²) in [5, 5.41) is 7.85. The van der Waals surface area contributed by atoms with E-state index in [-0.39, 0.29) is 17.3 Å². The number of anilines is 1. The number of amides is 1. The minimum atomic E-state index is -3.75. The number of hydrogen-bond donors (Lipinski definition) is 2. The Morgan fingerprint density at radius 3 is 2.35 bits per heavy atom. The van der Waals surface area contributed by atoms with E-state index in [0.717, 1.165) is 5.69 Å². The molecule has 0 unspecified atom stereocenters. The fourth-order valence-electron chi connectivity index (χ4n) is 2.03. The average molecular weight is 333 g/mol. The van der Waals surface area contributed by atoms with E-state index in [0.29, 0.717) is 11.1 Å². The van der Waals surface area contributed by atoms with Gasteiger partial charge in [0, 0.05) is 31.9 Å². The van der Waals surface area contributed by atoms with Gasteiger partial charge in [-0.3, -0.25) is 4.79 Å². The maximum Gasteiger partial charge on any atom is 0.251 e. The molecule has 0 aliphatic rings. The molecule has 0 aromatic heterocycles. The van der Waals surface area contributed by atoms with Gasteiger partial charge in [-0.25, -0.2) is 13.6 Å². The first-order chi connectivity index (χ1) is 10.8. The molecule has 0 saturated heterocycles. The maximum atomic E-state index is 12.1. The predicted molar refractivity (Wildman–Crippen MR) is 89.8 cm³/mol. The van der Waals surface area contributed by atoms with Crippen LogP contribution >= 0.6 is 0 Å². The smallest absolute Gasteiger partial charge is 0.251 e. The summed E-state index contributed by atoms with van der Waals surface area (Å²) in [6, 6.07) is 13.4. The largest absolute Gasteiger partial charge is 0.378 e. The molecule has 2 aromatic rings. The van der Waals surface area contributed by atoms with E-state index in [9.17, 15) is 13.2 Å². The van der Waals surface area contributed by atoms with E-state index >= 15 is 0 Å². The van der Waals surface area contributed by atoms with E-state index in [1.54, 1.807) is 24.3 Å². The third kappa shape index (κ3) is 4.54. The standard InChI is InChI=1S/C16H19N3O3S/c1-19(2)14-8-6-13(7-9-14)16(20)18-11-12-4-3-5-15(10-12)23(17,21)22/h3-10H,11H2,1-2H3,(H,18,20)(H2,17,21,22). The molecule has 0 aliphatic heterocycles. The van der Waals surface area contributed by atoms with Crippen LogP contribution in [0, 0.1) is 0 Å². The van der Waals surface area contributed by atoms with Crippen molar-refractivity contribution in [2.24, 2.45) is 5.14 Å². The molecular formula is C16H19N3O3S. The molecule has 3 N–H and O–H groups in total. The number of sulfonamides is 1. The van der Waals surface area contributed by atoms with Gasteiger partial charge >= 0.3 is 0 Å². The Balaban J connectivity index is 2.04. The molecule has 0 heterocycles. The Hall–Kier alpha value is -2.38. The third-order valence-electron chi connectivity index (χ3n) is 3.33. The molecule has 2 rings (SSSR count). The van der Waals surface area contributed by atoms with E-state index in [4.69, 9.17) is 5.14 Å². The van der Waals surface area contributed by atoms with Crippen molar-refractivity contribution in [3.63, 3.8) is 0 Å². The van der Waals surface area contributed by atoms with Crippen LogP contribution in [0.1, 0.15) is 15.9 Å². The second-order valence-corrected chi connectivity index (χ2v) is 6.88. The lowest BCUT2D eigenvalue weighted by Crippen LogP contribution is -2.23. The van der Waals surface area contributed by atoms with Crippen LogP contribution in [0.25, 0.3) is 0 Å². The van der Waals surface area contributed by atoms with E-state index in [1.807, 2.05) is 31.1 Å². The Morgan fingerprint density at radius 2 is 1.78 bits per heavy atom. The number of carbonyl (C=O) groups excluding carboxylic acids is 1. The zero-order valence-corrected chi connectivity index (χ0v) is 13.8. The number of benzene rings is 2. The molecule has 0 atom stereocenters. The SMILES string of the molecule is CN(C)c1ccc(C(=O)NCc2cccc(S(N)(=O)=O)c2)cc1. The van der Waals surface area contributed by atoms with Crippen LogP contribution in [0.4, 0.5) is 5.69 Å². The summed E-state index contributed by atoms with van der Waals surface area (Å²) in [6.07, 6.45) is 0. The minimum Gasteiger partial charge on any atom is -0.378 e. The second-order valence-electron chi connectivity index (χ2n) is 5.32. The van der Waals surface area contributed by atoms with E-state index in [2.05, 4.69) is 5.32 Å². The molecule has 0 aliphatic carbocycles. The average Bonchev–Trinajstić information content (AvgIpc) is 2.52. The number of carbonyl (C=O) groups is 1. The normalized spacial score (nSPS) is 11.1. The van der Waals surface area contributed by atoms with Gasteiger partial charge in [-0.05, 0) is 42.0 Å². The lowest BCUT2D eigenvalue weighted by Gasteiger charge is -2.12. The highest BCUT2D eigenvalue weighted by Crippen LogP contribution is 2.13. The Kier molecular flexibility index (Phi) is 5.02. The molecular weight excluding hydrogens is 314 g/mol. The van der Waals surface area contributed by atoms with E-state index in [1.165, 1.54) is 12.1 Å². The molecule has 23 heavy (non-hydrogen) atoms. The van der Waals surface area contributed by atoms with Crippen molar-refractivity contribution >= 4 is 21.6 Å². The summed E-state index contributed by atoms with van der Waals surface area (Å²) in [4.78, 5) is 14.1. The molecule has 1 amide bonds. The number of hydrogen-bond acceptors (Lipinski definition) is 4. The number of nitrogens with two attached hydrogens (primary N) is 1. The van der Waals surface area contributed by atoms with Crippen LogP contribution in [-0.4, -0.2) is 28.4 Å². The van der Waals surface area contributed by atoms with Gasteiger partial charge in [0.2, 0.25) is 10.0 Å². The highest BCUT2D eigenvalue weighted by atomic mass is 32.2. The first-order valence-electron chi connectivity index (χ1n) is 6.95. The summed E-state index contributed by atoms with van der Waals surface area (Å²) < 4.78 is 22.6. The van der Waals surface area contributed by atoms with Crippen LogP contribution in [0.15, 0.2) is 53.4 Å². The Labute approximate surface area is 136 Å².